The Hall–Kier alpha value is -4.30. The van der Waals surface area contributed by atoms with Gasteiger partial charge in [-0.05, 0) is 47.5 Å². The zero-order valence-corrected chi connectivity index (χ0v) is 20.0. The molecule has 1 saturated heterocycles. The minimum atomic E-state index is -0.886. The van der Waals surface area contributed by atoms with E-state index in [9.17, 15) is 19.8 Å². The highest BCUT2D eigenvalue weighted by Crippen LogP contribution is 2.41. The van der Waals surface area contributed by atoms with E-state index in [-0.39, 0.29) is 36.0 Å². The molecule has 0 bridgehead atoms. The van der Waals surface area contributed by atoms with Gasteiger partial charge in [0.1, 0.15) is 18.1 Å². The summed E-state index contributed by atoms with van der Waals surface area (Å²) >= 11 is 0. The molecule has 1 fully saturated rings. The van der Waals surface area contributed by atoms with Crippen molar-refractivity contribution >= 4 is 17.4 Å². The van der Waals surface area contributed by atoms with Gasteiger partial charge >= 0.3 is 0 Å². The van der Waals surface area contributed by atoms with Crippen LogP contribution in [0.4, 0.5) is 0 Å². The maximum absolute atomic E-state index is 13.1. The van der Waals surface area contributed by atoms with Crippen molar-refractivity contribution in [2.45, 2.75) is 12.6 Å². The molecule has 2 N–H and O–H groups in total. The van der Waals surface area contributed by atoms with Gasteiger partial charge in [-0.25, -0.2) is 0 Å². The van der Waals surface area contributed by atoms with Gasteiger partial charge in [-0.3, -0.25) is 9.59 Å². The predicted molar refractivity (Wildman–Crippen MR) is 133 cm³/mol. The number of aromatic hydroxyl groups is 1. The number of carbonyl (C=O) groups is 2. The van der Waals surface area contributed by atoms with E-state index >= 15 is 0 Å². The molecule has 1 unspecified atom stereocenters. The van der Waals surface area contributed by atoms with Crippen LogP contribution in [-0.4, -0.2) is 54.2 Å². The van der Waals surface area contributed by atoms with Crippen molar-refractivity contribution in [2.75, 3.05) is 27.4 Å². The molecule has 8 heteroatoms. The Kier molecular flexibility index (Phi) is 7.56. The highest BCUT2D eigenvalue weighted by Gasteiger charge is 2.46. The highest BCUT2D eigenvalue weighted by atomic mass is 16.5. The number of carbonyl (C=O) groups excluding carboxylic acids is 2. The van der Waals surface area contributed by atoms with Crippen LogP contribution in [0.15, 0.2) is 78.4 Å². The first-order valence-corrected chi connectivity index (χ1v) is 11.4. The number of phenols is 1. The molecule has 3 aromatic rings. The molecule has 0 spiro atoms. The number of hydrogen-bond donors (Lipinski definition) is 2. The molecule has 0 aliphatic carbocycles. The zero-order chi connectivity index (χ0) is 25.7. The fourth-order valence-electron chi connectivity index (χ4n) is 4.12. The number of ketones is 1. The number of amides is 1. The number of aliphatic hydroxyl groups excluding tert-OH is 1. The van der Waals surface area contributed by atoms with Gasteiger partial charge in [0, 0.05) is 19.2 Å². The lowest BCUT2D eigenvalue weighted by atomic mass is 9.95. The van der Waals surface area contributed by atoms with E-state index < -0.39 is 17.7 Å². The van der Waals surface area contributed by atoms with Gasteiger partial charge in [0.2, 0.25) is 0 Å². The molecule has 0 saturated carbocycles. The van der Waals surface area contributed by atoms with E-state index in [1.807, 2.05) is 30.3 Å². The lowest BCUT2D eigenvalue weighted by Gasteiger charge is -2.25. The molecule has 4 rings (SSSR count). The third kappa shape index (κ3) is 5.04. The summed E-state index contributed by atoms with van der Waals surface area (Å²) < 4.78 is 16.1. The van der Waals surface area contributed by atoms with E-state index in [1.165, 1.54) is 25.2 Å². The van der Waals surface area contributed by atoms with Crippen LogP contribution >= 0.6 is 0 Å². The maximum Gasteiger partial charge on any atom is 0.295 e. The normalized spacial score (nSPS) is 16.8. The molecule has 1 heterocycles. The first-order chi connectivity index (χ1) is 17.4. The Morgan fingerprint density at radius 3 is 2.36 bits per heavy atom. The fourth-order valence-corrected chi connectivity index (χ4v) is 4.12. The summed E-state index contributed by atoms with van der Waals surface area (Å²) in [6.45, 7) is 0.726. The highest BCUT2D eigenvalue weighted by molar-refractivity contribution is 6.46. The van der Waals surface area contributed by atoms with Crippen LogP contribution in [0.1, 0.15) is 22.7 Å². The van der Waals surface area contributed by atoms with Gasteiger partial charge in [0.25, 0.3) is 11.7 Å². The van der Waals surface area contributed by atoms with Gasteiger partial charge in [-0.15, -0.1) is 0 Å². The second kappa shape index (κ2) is 11.0. The SMILES string of the molecule is COCCN1C(=O)C(=O)C(=C(O)c2ccc(OCc3ccccc3)cc2)C1c1ccc(O)c(OC)c1. The Bertz CT molecular complexity index is 1270. The topological polar surface area (TPSA) is 106 Å². The lowest BCUT2D eigenvalue weighted by Crippen LogP contribution is -2.32. The van der Waals surface area contributed by atoms with Gasteiger partial charge < -0.3 is 29.3 Å². The zero-order valence-electron chi connectivity index (χ0n) is 20.0. The van der Waals surface area contributed by atoms with Gasteiger partial charge in [0.05, 0.1) is 25.3 Å². The van der Waals surface area contributed by atoms with E-state index in [0.29, 0.717) is 23.5 Å². The average molecular weight is 490 g/mol. The van der Waals surface area contributed by atoms with Crippen molar-refractivity contribution in [3.8, 4) is 17.2 Å². The summed E-state index contributed by atoms with van der Waals surface area (Å²) in [6, 6.07) is 20.0. The van der Waals surface area contributed by atoms with Crippen LogP contribution in [0.5, 0.6) is 17.2 Å². The summed E-state index contributed by atoms with van der Waals surface area (Å²) in [6.07, 6.45) is 0. The number of likely N-dealkylation sites (tertiary alicyclic amines) is 1. The molecule has 1 aliphatic heterocycles. The van der Waals surface area contributed by atoms with Gasteiger partial charge in [-0.1, -0.05) is 36.4 Å². The molecule has 3 aromatic carbocycles. The second-order valence-electron chi connectivity index (χ2n) is 8.22. The molecule has 186 valence electrons. The van der Waals surface area contributed by atoms with Crippen LogP contribution in [0.3, 0.4) is 0 Å². The number of Topliss-reactive ketones (excluding diaryl/α,β-unsaturated/α-hetero) is 1. The monoisotopic (exact) mass is 489 g/mol. The van der Waals surface area contributed by atoms with Crippen molar-refractivity contribution < 1.29 is 34.0 Å². The van der Waals surface area contributed by atoms with E-state index in [2.05, 4.69) is 0 Å². The lowest BCUT2D eigenvalue weighted by molar-refractivity contribution is -0.140. The number of phenolic OH excluding ortho intramolecular Hbond substituents is 1. The number of benzene rings is 3. The molecule has 1 amide bonds. The maximum atomic E-state index is 13.1. The van der Waals surface area contributed by atoms with Crippen LogP contribution in [0, 0.1) is 0 Å². The Morgan fingerprint density at radius 2 is 1.69 bits per heavy atom. The summed E-state index contributed by atoms with van der Waals surface area (Å²) in [7, 11) is 2.90. The van der Waals surface area contributed by atoms with E-state index in [0.717, 1.165) is 5.56 Å². The quantitative estimate of drug-likeness (QED) is 0.265. The number of methoxy groups -OCH3 is 2. The summed E-state index contributed by atoms with van der Waals surface area (Å²) in [5, 5.41) is 21.2. The number of rotatable bonds is 9. The van der Waals surface area contributed by atoms with Crippen LogP contribution < -0.4 is 9.47 Å². The summed E-state index contributed by atoms with van der Waals surface area (Å²) in [5.41, 5.74) is 1.83. The van der Waals surface area contributed by atoms with Crippen LogP contribution in [0.25, 0.3) is 5.76 Å². The van der Waals surface area contributed by atoms with Crippen molar-refractivity contribution in [1.29, 1.82) is 0 Å². The van der Waals surface area contributed by atoms with Gasteiger partial charge in [0.15, 0.2) is 11.5 Å². The molecule has 1 atom stereocenters. The number of ether oxygens (including phenoxy) is 3. The molecular formula is C28H27NO7. The molecule has 1 aliphatic rings. The van der Waals surface area contributed by atoms with Crippen LogP contribution in [0.2, 0.25) is 0 Å². The third-order valence-corrected chi connectivity index (χ3v) is 5.97. The van der Waals surface area contributed by atoms with Crippen LogP contribution in [-0.2, 0) is 20.9 Å². The van der Waals surface area contributed by atoms with Crippen molar-refractivity contribution in [1.82, 2.24) is 4.90 Å². The van der Waals surface area contributed by atoms with Gasteiger partial charge in [-0.2, -0.15) is 0 Å². The molecule has 36 heavy (non-hydrogen) atoms. The molecule has 0 aromatic heterocycles. The molecule has 8 nitrogen and oxygen atoms in total. The predicted octanol–water partition coefficient (Wildman–Crippen LogP) is 4.05. The number of hydrogen-bond acceptors (Lipinski definition) is 7. The Morgan fingerprint density at radius 1 is 0.972 bits per heavy atom. The summed E-state index contributed by atoms with van der Waals surface area (Å²) in [5.74, 6) is -1.15. The minimum absolute atomic E-state index is 0.0539. The Balaban J connectivity index is 1.68. The van der Waals surface area contributed by atoms with Crippen molar-refractivity contribution in [3.63, 3.8) is 0 Å². The number of aliphatic hydroxyl groups is 1. The third-order valence-electron chi connectivity index (χ3n) is 5.97. The smallest absolute Gasteiger partial charge is 0.295 e. The largest absolute Gasteiger partial charge is 0.507 e. The van der Waals surface area contributed by atoms with Crippen molar-refractivity contribution in [2.24, 2.45) is 0 Å². The fraction of sp³-hybridized carbons (Fsp3) is 0.214. The number of nitrogens with zero attached hydrogens (tertiary/aromatic N) is 1. The molecular weight excluding hydrogens is 462 g/mol. The van der Waals surface area contributed by atoms with E-state index in [1.54, 1.807) is 36.4 Å². The van der Waals surface area contributed by atoms with E-state index in [4.69, 9.17) is 14.2 Å². The standard InChI is InChI=1S/C28H27NO7/c1-34-15-14-29-25(20-10-13-22(30)23(16-20)35-2)24(27(32)28(29)33)26(31)19-8-11-21(12-9-19)36-17-18-6-4-3-5-7-18/h3-13,16,25,30-31H,14-15,17H2,1-2H3. The van der Waals surface area contributed by atoms with Crippen molar-refractivity contribution in [3.05, 3.63) is 95.1 Å². The average Bonchev–Trinajstić information content (AvgIpc) is 3.16. The first-order valence-electron chi connectivity index (χ1n) is 11.4. The Labute approximate surface area is 209 Å². The first kappa shape index (κ1) is 24.8. The molecule has 0 radical (unpaired) electrons. The minimum Gasteiger partial charge on any atom is -0.507 e. The summed E-state index contributed by atoms with van der Waals surface area (Å²) in [4.78, 5) is 27.3. The second-order valence-corrected chi connectivity index (χ2v) is 8.22.